The van der Waals surface area contributed by atoms with E-state index >= 15 is 0 Å². The van der Waals surface area contributed by atoms with Crippen LogP contribution >= 0.6 is 0 Å². The smallest absolute Gasteiger partial charge is 0.190 e. The minimum absolute atomic E-state index is 0.500. The van der Waals surface area contributed by atoms with E-state index in [0.717, 1.165) is 26.1 Å². The average Bonchev–Trinajstić information content (AvgIpc) is 3.58. The Morgan fingerprint density at radius 3 is 1.24 bits per heavy atom. The summed E-state index contributed by atoms with van der Waals surface area (Å²) in [4.78, 5) is 0. The van der Waals surface area contributed by atoms with Crippen molar-refractivity contribution in [1.29, 1.82) is 0 Å². The van der Waals surface area contributed by atoms with Crippen molar-refractivity contribution in [2.45, 2.75) is 142 Å². The number of benzene rings is 2. The van der Waals surface area contributed by atoms with Crippen LogP contribution in [0.25, 0.3) is 0 Å². The standard InChI is InChI=1S/C40H60O2/c1-3-5-7-9-11-13-15-23-32-41-40(42-33-24-16-14-12-10-8-6-4-2)38(34-26-19-17-20-27-34)36-30-25-31-37(36)39(40)35-28-21-18-22-29-35/h17-22,26-29,36-37H,3-16,23-25,30-33H2,1-2H3/t36-,37+. The van der Waals surface area contributed by atoms with Gasteiger partial charge in [0.15, 0.2) is 5.79 Å². The van der Waals surface area contributed by atoms with Crippen molar-refractivity contribution < 1.29 is 9.47 Å². The Labute approximate surface area is 259 Å². The molecule has 2 fully saturated rings. The summed E-state index contributed by atoms with van der Waals surface area (Å²) in [6, 6.07) is 22.2. The second kappa shape index (κ2) is 18.9. The summed E-state index contributed by atoms with van der Waals surface area (Å²) >= 11 is 0. The van der Waals surface area contributed by atoms with Crippen LogP contribution in [0.5, 0.6) is 0 Å². The second-order valence-corrected chi connectivity index (χ2v) is 13.0. The van der Waals surface area contributed by atoms with E-state index in [1.807, 2.05) is 0 Å². The molecule has 2 aromatic rings. The van der Waals surface area contributed by atoms with Gasteiger partial charge in [-0.05, 0) is 48.6 Å². The van der Waals surface area contributed by atoms with Crippen molar-refractivity contribution in [2.24, 2.45) is 11.8 Å². The minimum Gasteiger partial charge on any atom is -0.348 e. The van der Waals surface area contributed by atoms with Crippen molar-refractivity contribution in [1.82, 2.24) is 0 Å². The van der Waals surface area contributed by atoms with Crippen LogP contribution in [0, 0.1) is 23.7 Å². The van der Waals surface area contributed by atoms with E-state index in [-0.39, 0.29) is 0 Å². The Bertz CT molecular complexity index is 863. The molecule has 2 aliphatic carbocycles. The molecule has 0 spiro atoms. The van der Waals surface area contributed by atoms with Gasteiger partial charge in [0.05, 0.1) is 25.0 Å². The lowest BCUT2D eigenvalue weighted by molar-refractivity contribution is -0.207. The van der Waals surface area contributed by atoms with Crippen LogP contribution in [0.3, 0.4) is 0 Å². The predicted octanol–water partition coefficient (Wildman–Crippen LogP) is 11.7. The Hall–Kier alpha value is -1.64. The lowest BCUT2D eigenvalue weighted by atomic mass is 9.82. The van der Waals surface area contributed by atoms with Gasteiger partial charge in [-0.1, -0.05) is 171 Å². The minimum atomic E-state index is -0.749. The molecule has 0 unspecified atom stereocenters. The molecule has 2 aromatic carbocycles. The van der Waals surface area contributed by atoms with E-state index in [1.165, 1.54) is 132 Å². The van der Waals surface area contributed by atoms with Crippen molar-refractivity contribution in [3.05, 3.63) is 83.6 Å². The molecule has 0 heterocycles. The third-order valence-electron chi connectivity index (χ3n) is 9.74. The molecule has 0 saturated heterocycles. The Balaban J connectivity index is 1.49. The lowest BCUT2D eigenvalue weighted by Gasteiger charge is -2.41. The number of rotatable bonds is 22. The maximum Gasteiger partial charge on any atom is 0.190 e. The molecule has 2 nitrogen and oxygen atoms in total. The Morgan fingerprint density at radius 2 is 0.857 bits per heavy atom. The first kappa shape index (κ1) is 33.3. The second-order valence-electron chi connectivity index (χ2n) is 13.0. The van der Waals surface area contributed by atoms with E-state index in [4.69, 9.17) is 9.47 Å². The molecule has 2 heteroatoms. The molecule has 42 heavy (non-hydrogen) atoms. The van der Waals surface area contributed by atoms with Crippen LogP contribution in [0.2, 0.25) is 0 Å². The van der Waals surface area contributed by atoms with Gasteiger partial charge in [-0.15, -0.1) is 0 Å². The molecule has 2 radical (unpaired) electrons. The zero-order valence-corrected chi connectivity index (χ0v) is 27.1. The van der Waals surface area contributed by atoms with Gasteiger partial charge < -0.3 is 9.47 Å². The van der Waals surface area contributed by atoms with Crippen molar-refractivity contribution in [3.8, 4) is 0 Å². The SMILES string of the molecule is CCCCCCCCCCOC1(OCCCCCCCCCC)[C](c2ccccc2)[C@H]2CCC[C@H]2[C]1c1ccccc1. The molecule has 0 aliphatic heterocycles. The fourth-order valence-corrected chi connectivity index (χ4v) is 7.58. The highest BCUT2D eigenvalue weighted by Gasteiger charge is 2.65. The van der Waals surface area contributed by atoms with Gasteiger partial charge in [0.25, 0.3) is 0 Å². The molecule has 2 aliphatic rings. The first-order valence-electron chi connectivity index (χ1n) is 17.9. The molecule has 0 bridgehead atoms. The van der Waals surface area contributed by atoms with E-state index in [2.05, 4.69) is 74.5 Å². The average molecular weight is 573 g/mol. The highest BCUT2D eigenvalue weighted by Crippen LogP contribution is 2.64. The predicted molar refractivity (Wildman–Crippen MR) is 178 cm³/mol. The largest absolute Gasteiger partial charge is 0.348 e. The molecule has 2 atom stereocenters. The monoisotopic (exact) mass is 572 g/mol. The summed E-state index contributed by atoms with van der Waals surface area (Å²) in [6.07, 6.45) is 24.7. The summed E-state index contributed by atoms with van der Waals surface area (Å²) in [6.45, 7) is 6.11. The molecule has 232 valence electrons. The molecule has 2 saturated carbocycles. The van der Waals surface area contributed by atoms with Crippen molar-refractivity contribution >= 4 is 0 Å². The fourth-order valence-electron chi connectivity index (χ4n) is 7.58. The number of unbranched alkanes of at least 4 members (excludes halogenated alkanes) is 14. The van der Waals surface area contributed by atoms with Crippen molar-refractivity contribution in [3.63, 3.8) is 0 Å². The maximum atomic E-state index is 7.18. The normalized spacial score (nSPS) is 20.3. The van der Waals surface area contributed by atoms with Gasteiger partial charge in [-0.3, -0.25) is 0 Å². The van der Waals surface area contributed by atoms with Gasteiger partial charge in [0.1, 0.15) is 0 Å². The van der Waals surface area contributed by atoms with Gasteiger partial charge in [-0.2, -0.15) is 0 Å². The third-order valence-corrected chi connectivity index (χ3v) is 9.74. The summed E-state index contributed by atoms with van der Waals surface area (Å²) in [5.41, 5.74) is 2.62. The summed E-state index contributed by atoms with van der Waals surface area (Å²) in [7, 11) is 0. The Kier molecular flexibility index (Phi) is 15.0. The molecule has 4 rings (SSSR count). The third kappa shape index (κ3) is 9.18. The number of hydrogen-bond donors (Lipinski definition) is 0. The van der Waals surface area contributed by atoms with Crippen LogP contribution < -0.4 is 0 Å². The van der Waals surface area contributed by atoms with Crippen LogP contribution in [0.4, 0.5) is 0 Å². The van der Waals surface area contributed by atoms with Crippen molar-refractivity contribution in [2.75, 3.05) is 13.2 Å². The van der Waals surface area contributed by atoms with E-state index in [1.54, 1.807) is 0 Å². The van der Waals surface area contributed by atoms with Crippen LogP contribution in [0.15, 0.2) is 60.7 Å². The van der Waals surface area contributed by atoms with Gasteiger partial charge >= 0.3 is 0 Å². The quantitative estimate of drug-likeness (QED) is 0.103. The number of hydrogen-bond acceptors (Lipinski definition) is 2. The van der Waals surface area contributed by atoms with Gasteiger partial charge in [-0.25, -0.2) is 0 Å². The Morgan fingerprint density at radius 1 is 0.500 bits per heavy atom. The topological polar surface area (TPSA) is 18.5 Å². The highest BCUT2D eigenvalue weighted by atomic mass is 16.7. The lowest BCUT2D eigenvalue weighted by Crippen LogP contribution is -2.46. The first-order valence-corrected chi connectivity index (χ1v) is 17.9. The highest BCUT2D eigenvalue weighted by molar-refractivity contribution is 5.53. The summed E-state index contributed by atoms with van der Waals surface area (Å²) in [5, 5.41) is 0. The van der Waals surface area contributed by atoms with E-state index in [9.17, 15) is 0 Å². The van der Waals surface area contributed by atoms with E-state index in [0.29, 0.717) is 11.8 Å². The van der Waals surface area contributed by atoms with E-state index < -0.39 is 5.79 Å². The van der Waals surface area contributed by atoms with Gasteiger partial charge in [0.2, 0.25) is 0 Å². The first-order chi connectivity index (χ1) is 20.8. The summed E-state index contributed by atoms with van der Waals surface area (Å²) in [5.74, 6) is 3.06. The fraction of sp³-hybridized carbons (Fsp3) is 0.650. The molecule has 0 aromatic heterocycles. The van der Waals surface area contributed by atoms with Crippen LogP contribution in [0.1, 0.15) is 147 Å². The maximum absolute atomic E-state index is 7.18. The molecular weight excluding hydrogens is 512 g/mol. The molecule has 0 N–H and O–H groups in total. The number of fused-ring (bicyclic) bond motifs is 1. The molecular formula is C40H60O2. The molecule has 0 amide bonds. The zero-order valence-electron chi connectivity index (χ0n) is 27.1. The van der Waals surface area contributed by atoms with Gasteiger partial charge in [0, 0.05) is 0 Å². The van der Waals surface area contributed by atoms with Crippen LogP contribution in [-0.4, -0.2) is 19.0 Å². The van der Waals surface area contributed by atoms with Crippen LogP contribution in [-0.2, 0) is 9.47 Å². The summed E-state index contributed by atoms with van der Waals surface area (Å²) < 4.78 is 14.4. The zero-order chi connectivity index (χ0) is 29.3. The number of ether oxygens (including phenoxy) is 2.